The molecule has 0 radical (unpaired) electrons. The van der Waals surface area contributed by atoms with Crippen LogP contribution >= 0.6 is 11.6 Å². The summed E-state index contributed by atoms with van der Waals surface area (Å²) in [7, 11) is 0. The molecule has 0 aliphatic carbocycles. The number of amides is 1. The lowest BCUT2D eigenvalue weighted by molar-refractivity contribution is -0.119. The summed E-state index contributed by atoms with van der Waals surface area (Å²) in [5.74, 6) is 0.458. The molecule has 1 amide bonds. The van der Waals surface area contributed by atoms with E-state index in [0.717, 1.165) is 25.1 Å². The second-order valence-corrected chi connectivity index (χ2v) is 4.23. The quantitative estimate of drug-likeness (QED) is 0.834. The first-order chi connectivity index (χ1) is 8.25. The summed E-state index contributed by atoms with van der Waals surface area (Å²) in [6.07, 6.45) is 1.27. The van der Waals surface area contributed by atoms with E-state index < -0.39 is 0 Å². The van der Waals surface area contributed by atoms with Crippen LogP contribution in [0, 0.1) is 0 Å². The van der Waals surface area contributed by atoms with E-state index in [2.05, 4.69) is 15.6 Å². The molecule has 1 aliphatic rings. The Bertz CT molecular complexity index is 445. The van der Waals surface area contributed by atoms with Gasteiger partial charge in [0.05, 0.1) is 6.42 Å². The topological polar surface area (TPSA) is 53.5 Å². The molecule has 0 unspecified atom stereocenters. The van der Waals surface area contributed by atoms with Crippen molar-refractivity contribution in [2.75, 3.05) is 13.1 Å². The minimum absolute atomic E-state index is 0.105. The van der Waals surface area contributed by atoms with Crippen molar-refractivity contribution < 1.29 is 4.79 Å². The molecule has 0 fully saturated rings. The molecular formula is C12H14ClN3O. The first-order valence-corrected chi connectivity index (χ1v) is 5.95. The number of halogens is 1. The zero-order valence-corrected chi connectivity index (χ0v) is 10.1. The number of guanidine groups is 1. The number of hydrogen-bond acceptors (Lipinski definition) is 3. The molecule has 90 valence electrons. The van der Waals surface area contributed by atoms with Crippen molar-refractivity contribution in [2.45, 2.75) is 12.8 Å². The Labute approximate surface area is 105 Å². The normalized spacial score (nSPS) is 14.8. The second-order valence-electron chi connectivity index (χ2n) is 3.83. The highest BCUT2D eigenvalue weighted by Gasteiger charge is 2.10. The van der Waals surface area contributed by atoms with E-state index in [-0.39, 0.29) is 12.3 Å². The van der Waals surface area contributed by atoms with Crippen molar-refractivity contribution in [1.29, 1.82) is 0 Å². The molecule has 0 saturated carbocycles. The fourth-order valence-electron chi connectivity index (χ4n) is 1.61. The molecule has 1 aromatic rings. The predicted molar refractivity (Wildman–Crippen MR) is 68.2 cm³/mol. The van der Waals surface area contributed by atoms with Crippen LogP contribution in [0.2, 0.25) is 5.02 Å². The first kappa shape index (κ1) is 11.9. The maximum atomic E-state index is 11.7. The second kappa shape index (κ2) is 5.68. The maximum Gasteiger partial charge on any atom is 0.231 e. The van der Waals surface area contributed by atoms with Gasteiger partial charge in [-0.1, -0.05) is 29.8 Å². The smallest absolute Gasteiger partial charge is 0.231 e. The number of nitrogens with one attached hydrogen (secondary N) is 2. The summed E-state index contributed by atoms with van der Waals surface area (Å²) < 4.78 is 0. The van der Waals surface area contributed by atoms with Crippen LogP contribution in [0.1, 0.15) is 12.0 Å². The van der Waals surface area contributed by atoms with Gasteiger partial charge in [0.2, 0.25) is 5.91 Å². The van der Waals surface area contributed by atoms with Gasteiger partial charge < -0.3 is 5.32 Å². The Morgan fingerprint density at radius 3 is 3.00 bits per heavy atom. The van der Waals surface area contributed by atoms with E-state index in [1.807, 2.05) is 18.2 Å². The monoisotopic (exact) mass is 251 g/mol. The van der Waals surface area contributed by atoms with Crippen LogP contribution in [0.15, 0.2) is 29.3 Å². The molecule has 0 aromatic heterocycles. The number of carbonyl (C=O) groups excluding carboxylic acids is 1. The van der Waals surface area contributed by atoms with Gasteiger partial charge in [0, 0.05) is 18.1 Å². The Morgan fingerprint density at radius 1 is 1.47 bits per heavy atom. The highest BCUT2D eigenvalue weighted by atomic mass is 35.5. The van der Waals surface area contributed by atoms with Gasteiger partial charge in [-0.15, -0.1) is 0 Å². The predicted octanol–water partition coefficient (Wildman–Crippen LogP) is 1.35. The molecular weight excluding hydrogens is 238 g/mol. The third-order valence-corrected chi connectivity index (χ3v) is 2.83. The highest BCUT2D eigenvalue weighted by molar-refractivity contribution is 6.31. The Hall–Kier alpha value is -1.55. The molecule has 5 heteroatoms. The lowest BCUT2D eigenvalue weighted by Gasteiger charge is -2.15. The van der Waals surface area contributed by atoms with Gasteiger partial charge in [0.15, 0.2) is 5.96 Å². The third-order valence-electron chi connectivity index (χ3n) is 2.46. The summed E-state index contributed by atoms with van der Waals surface area (Å²) in [5.41, 5.74) is 0.822. The SMILES string of the molecule is O=C(Cc1ccccc1Cl)NC1=NCCCN1. The molecule has 4 nitrogen and oxygen atoms in total. The third kappa shape index (κ3) is 3.46. The summed E-state index contributed by atoms with van der Waals surface area (Å²) in [6, 6.07) is 7.33. The number of rotatable bonds is 2. The molecule has 0 bridgehead atoms. The number of aliphatic imine (C=N–C) groups is 1. The van der Waals surface area contributed by atoms with Crippen LogP contribution in [0.4, 0.5) is 0 Å². The van der Waals surface area contributed by atoms with Crippen molar-refractivity contribution in [2.24, 2.45) is 4.99 Å². The van der Waals surface area contributed by atoms with Crippen LogP contribution in [-0.2, 0) is 11.2 Å². The summed E-state index contributed by atoms with van der Waals surface area (Å²) in [5, 5.41) is 6.38. The number of benzene rings is 1. The zero-order valence-electron chi connectivity index (χ0n) is 9.37. The number of hydrogen-bond donors (Lipinski definition) is 2. The molecule has 2 N–H and O–H groups in total. The van der Waals surface area contributed by atoms with Crippen LogP contribution in [0.3, 0.4) is 0 Å². The molecule has 0 saturated heterocycles. The van der Waals surface area contributed by atoms with E-state index in [4.69, 9.17) is 11.6 Å². The summed E-state index contributed by atoms with van der Waals surface area (Å²) >= 11 is 5.99. The van der Waals surface area contributed by atoms with Gasteiger partial charge in [0.1, 0.15) is 0 Å². The van der Waals surface area contributed by atoms with Crippen molar-refractivity contribution >= 4 is 23.5 Å². The average Bonchev–Trinajstić information content (AvgIpc) is 2.33. The maximum absolute atomic E-state index is 11.7. The number of nitrogens with zero attached hydrogens (tertiary/aromatic N) is 1. The molecule has 1 aliphatic heterocycles. The van der Waals surface area contributed by atoms with E-state index in [1.54, 1.807) is 6.07 Å². The van der Waals surface area contributed by atoms with Crippen molar-refractivity contribution in [3.63, 3.8) is 0 Å². The number of carbonyl (C=O) groups is 1. The Morgan fingerprint density at radius 2 is 2.29 bits per heavy atom. The van der Waals surface area contributed by atoms with Gasteiger partial charge in [0.25, 0.3) is 0 Å². The van der Waals surface area contributed by atoms with E-state index >= 15 is 0 Å². The first-order valence-electron chi connectivity index (χ1n) is 5.57. The molecule has 17 heavy (non-hydrogen) atoms. The largest absolute Gasteiger partial charge is 0.356 e. The molecule has 2 rings (SSSR count). The lowest BCUT2D eigenvalue weighted by Crippen LogP contribution is -2.44. The molecule has 1 heterocycles. The molecule has 0 atom stereocenters. The highest BCUT2D eigenvalue weighted by Crippen LogP contribution is 2.15. The fraction of sp³-hybridized carbons (Fsp3) is 0.333. The molecule has 1 aromatic carbocycles. The van der Waals surface area contributed by atoms with Crippen molar-refractivity contribution in [1.82, 2.24) is 10.6 Å². The fourth-order valence-corrected chi connectivity index (χ4v) is 1.81. The minimum Gasteiger partial charge on any atom is -0.356 e. The van der Waals surface area contributed by atoms with Gasteiger partial charge in [-0.3, -0.25) is 15.1 Å². The van der Waals surface area contributed by atoms with Crippen LogP contribution in [-0.4, -0.2) is 25.0 Å². The van der Waals surface area contributed by atoms with Gasteiger partial charge in [-0.05, 0) is 18.1 Å². The average molecular weight is 252 g/mol. The van der Waals surface area contributed by atoms with Crippen LogP contribution < -0.4 is 10.6 Å². The van der Waals surface area contributed by atoms with Crippen molar-refractivity contribution in [3.05, 3.63) is 34.9 Å². The summed E-state index contributed by atoms with van der Waals surface area (Å²) in [6.45, 7) is 1.61. The van der Waals surface area contributed by atoms with E-state index in [1.165, 1.54) is 0 Å². The zero-order chi connectivity index (χ0) is 12.1. The summed E-state index contributed by atoms with van der Waals surface area (Å²) in [4.78, 5) is 15.9. The van der Waals surface area contributed by atoms with Crippen LogP contribution in [0.25, 0.3) is 0 Å². The lowest BCUT2D eigenvalue weighted by atomic mass is 10.1. The standard InChI is InChI=1S/C12H14ClN3O/c13-10-5-2-1-4-9(10)8-11(17)16-12-14-6-3-7-15-12/h1-2,4-5H,3,6-8H2,(H2,14,15,16,17). The Balaban J connectivity index is 1.93. The van der Waals surface area contributed by atoms with E-state index in [9.17, 15) is 4.79 Å². The minimum atomic E-state index is -0.105. The molecule has 0 spiro atoms. The van der Waals surface area contributed by atoms with Gasteiger partial charge in [-0.25, -0.2) is 0 Å². The van der Waals surface area contributed by atoms with E-state index in [0.29, 0.717) is 11.0 Å². The van der Waals surface area contributed by atoms with Crippen LogP contribution in [0.5, 0.6) is 0 Å². The van der Waals surface area contributed by atoms with Gasteiger partial charge >= 0.3 is 0 Å². The van der Waals surface area contributed by atoms with Crippen molar-refractivity contribution in [3.8, 4) is 0 Å². The van der Waals surface area contributed by atoms with Gasteiger partial charge in [-0.2, -0.15) is 0 Å². The Kier molecular flexibility index (Phi) is 3.98.